The molecule has 1 aromatic heterocycles. The fourth-order valence-corrected chi connectivity index (χ4v) is 2.63. The molecule has 19 heavy (non-hydrogen) atoms. The number of benzene rings is 1. The van der Waals surface area contributed by atoms with Crippen LogP contribution >= 0.6 is 0 Å². The van der Waals surface area contributed by atoms with E-state index in [-0.39, 0.29) is 0 Å². The van der Waals surface area contributed by atoms with Crippen molar-refractivity contribution in [1.29, 1.82) is 0 Å². The lowest BCUT2D eigenvalue weighted by atomic mass is 10.2. The van der Waals surface area contributed by atoms with Gasteiger partial charge in [0.05, 0.1) is 12.2 Å². The summed E-state index contributed by atoms with van der Waals surface area (Å²) in [7, 11) is 0. The van der Waals surface area contributed by atoms with Gasteiger partial charge in [0.25, 0.3) is 0 Å². The number of rotatable bonds is 4. The highest BCUT2D eigenvalue weighted by atomic mass is 15.5. The quantitative estimate of drug-likeness (QED) is 0.868. The van der Waals surface area contributed by atoms with Gasteiger partial charge >= 0.3 is 0 Å². The Hall–Kier alpha value is -1.79. The number of nitrogens with two attached hydrogens (primary N) is 1. The Labute approximate surface area is 112 Å². The first-order valence-electron chi connectivity index (χ1n) is 6.65. The molecule has 1 atom stereocenters. The van der Waals surface area contributed by atoms with Crippen molar-refractivity contribution in [2.45, 2.75) is 25.4 Å². The van der Waals surface area contributed by atoms with Gasteiger partial charge < -0.3 is 5.73 Å². The summed E-state index contributed by atoms with van der Waals surface area (Å²) in [5.41, 5.74) is 6.79. The molecule has 0 aliphatic carbocycles. The minimum Gasteiger partial charge on any atom is -0.329 e. The molecule has 6 heteroatoms. The van der Waals surface area contributed by atoms with Crippen molar-refractivity contribution >= 4 is 0 Å². The van der Waals surface area contributed by atoms with Crippen molar-refractivity contribution in [1.82, 2.24) is 25.1 Å². The summed E-state index contributed by atoms with van der Waals surface area (Å²) in [6.07, 6.45) is 2.37. The van der Waals surface area contributed by atoms with Gasteiger partial charge in [-0.25, -0.2) is 0 Å². The molecule has 1 aliphatic rings. The van der Waals surface area contributed by atoms with E-state index in [2.05, 4.69) is 20.4 Å². The molecule has 1 unspecified atom stereocenters. The van der Waals surface area contributed by atoms with Crippen LogP contribution in [0.3, 0.4) is 0 Å². The molecule has 0 saturated carbocycles. The van der Waals surface area contributed by atoms with Gasteiger partial charge in [0, 0.05) is 12.6 Å². The van der Waals surface area contributed by atoms with Gasteiger partial charge in [-0.15, -0.1) is 5.10 Å². The summed E-state index contributed by atoms with van der Waals surface area (Å²) in [5, 5.41) is 12.0. The molecule has 1 aliphatic heterocycles. The number of nitrogens with zero attached hydrogens (tertiary/aromatic N) is 5. The van der Waals surface area contributed by atoms with E-state index in [0.29, 0.717) is 12.6 Å². The van der Waals surface area contributed by atoms with E-state index >= 15 is 0 Å². The lowest BCUT2D eigenvalue weighted by Crippen LogP contribution is -2.35. The maximum Gasteiger partial charge on any atom is 0.170 e. The van der Waals surface area contributed by atoms with E-state index in [1.54, 1.807) is 4.68 Å². The molecule has 0 bridgehead atoms. The van der Waals surface area contributed by atoms with Crippen molar-refractivity contribution < 1.29 is 0 Å². The number of aromatic nitrogens is 4. The monoisotopic (exact) mass is 258 g/mol. The van der Waals surface area contributed by atoms with Crippen molar-refractivity contribution in [2.24, 2.45) is 5.73 Å². The summed E-state index contributed by atoms with van der Waals surface area (Å²) in [5.74, 6) is 0.867. The Bertz CT molecular complexity index is 523. The standard InChI is InChI=1S/C13H18N6/c14-9-12-7-4-8-18(12)10-13-15-16-17-19(13)11-5-2-1-3-6-11/h1-3,5-6,12H,4,7-10,14H2. The van der Waals surface area contributed by atoms with Crippen LogP contribution in [0.25, 0.3) is 5.69 Å². The number of hydrogen-bond acceptors (Lipinski definition) is 5. The maximum absolute atomic E-state index is 5.80. The normalized spacial score (nSPS) is 19.9. The van der Waals surface area contributed by atoms with Crippen LogP contribution in [0.2, 0.25) is 0 Å². The van der Waals surface area contributed by atoms with E-state index in [9.17, 15) is 0 Å². The highest BCUT2D eigenvalue weighted by Crippen LogP contribution is 2.19. The summed E-state index contributed by atoms with van der Waals surface area (Å²) in [4.78, 5) is 2.37. The summed E-state index contributed by atoms with van der Waals surface area (Å²) in [6, 6.07) is 10.4. The molecule has 1 fully saturated rings. The van der Waals surface area contributed by atoms with Crippen LogP contribution in [0.1, 0.15) is 18.7 Å². The zero-order chi connectivity index (χ0) is 13.1. The minimum absolute atomic E-state index is 0.459. The van der Waals surface area contributed by atoms with Gasteiger partial charge in [0.1, 0.15) is 0 Å². The second-order valence-corrected chi connectivity index (χ2v) is 4.84. The van der Waals surface area contributed by atoms with Gasteiger partial charge in [0.15, 0.2) is 5.82 Å². The van der Waals surface area contributed by atoms with Crippen LogP contribution in [0.4, 0.5) is 0 Å². The molecule has 2 N–H and O–H groups in total. The number of para-hydroxylation sites is 1. The molecule has 1 saturated heterocycles. The second kappa shape index (κ2) is 5.46. The first-order valence-corrected chi connectivity index (χ1v) is 6.65. The third kappa shape index (κ3) is 2.50. The molecule has 2 heterocycles. The minimum atomic E-state index is 0.459. The van der Waals surface area contributed by atoms with Crippen LogP contribution in [0, 0.1) is 0 Å². The fraction of sp³-hybridized carbons (Fsp3) is 0.462. The van der Waals surface area contributed by atoms with Crippen LogP contribution in [-0.4, -0.2) is 44.2 Å². The van der Waals surface area contributed by atoms with Crippen LogP contribution in [0.15, 0.2) is 30.3 Å². The van der Waals surface area contributed by atoms with E-state index in [4.69, 9.17) is 5.73 Å². The number of hydrogen-bond donors (Lipinski definition) is 1. The molecule has 0 spiro atoms. The zero-order valence-corrected chi connectivity index (χ0v) is 10.8. The van der Waals surface area contributed by atoms with Crippen molar-refractivity contribution in [3.8, 4) is 5.69 Å². The molecular formula is C13H18N6. The van der Waals surface area contributed by atoms with Gasteiger partial charge in [0.2, 0.25) is 0 Å². The predicted octanol–water partition coefficient (Wildman–Crippen LogP) is 0.585. The van der Waals surface area contributed by atoms with Crippen molar-refractivity contribution in [2.75, 3.05) is 13.1 Å². The molecular weight excluding hydrogens is 240 g/mol. The molecule has 1 aromatic carbocycles. The lowest BCUT2D eigenvalue weighted by Gasteiger charge is -2.22. The molecule has 0 radical (unpaired) electrons. The average Bonchev–Trinajstić information content (AvgIpc) is 3.09. The van der Waals surface area contributed by atoms with E-state index in [1.165, 1.54) is 12.8 Å². The number of tetrazole rings is 1. The molecule has 6 nitrogen and oxygen atoms in total. The van der Waals surface area contributed by atoms with E-state index < -0.39 is 0 Å². The second-order valence-electron chi connectivity index (χ2n) is 4.84. The van der Waals surface area contributed by atoms with Crippen molar-refractivity contribution in [3.63, 3.8) is 0 Å². The van der Waals surface area contributed by atoms with Gasteiger partial charge in [-0.3, -0.25) is 4.90 Å². The van der Waals surface area contributed by atoms with E-state index in [1.807, 2.05) is 30.3 Å². The highest BCUT2D eigenvalue weighted by Gasteiger charge is 2.25. The fourth-order valence-electron chi connectivity index (χ4n) is 2.63. The van der Waals surface area contributed by atoms with Gasteiger partial charge in [-0.2, -0.15) is 4.68 Å². The smallest absolute Gasteiger partial charge is 0.170 e. The highest BCUT2D eigenvalue weighted by molar-refractivity contribution is 5.30. The summed E-state index contributed by atoms with van der Waals surface area (Å²) in [6.45, 7) is 2.53. The van der Waals surface area contributed by atoms with E-state index in [0.717, 1.165) is 24.6 Å². The Morgan fingerprint density at radius 1 is 1.26 bits per heavy atom. The maximum atomic E-state index is 5.80. The number of likely N-dealkylation sites (tertiary alicyclic amines) is 1. The molecule has 3 rings (SSSR count). The van der Waals surface area contributed by atoms with Crippen LogP contribution in [0.5, 0.6) is 0 Å². The van der Waals surface area contributed by atoms with Crippen LogP contribution < -0.4 is 5.73 Å². The van der Waals surface area contributed by atoms with Gasteiger partial charge in [-0.05, 0) is 41.9 Å². The average molecular weight is 258 g/mol. The van der Waals surface area contributed by atoms with Crippen LogP contribution in [-0.2, 0) is 6.54 Å². The Morgan fingerprint density at radius 2 is 2.11 bits per heavy atom. The summed E-state index contributed by atoms with van der Waals surface area (Å²) < 4.78 is 1.80. The van der Waals surface area contributed by atoms with Gasteiger partial charge in [-0.1, -0.05) is 18.2 Å². The van der Waals surface area contributed by atoms with Crippen molar-refractivity contribution in [3.05, 3.63) is 36.2 Å². The zero-order valence-electron chi connectivity index (χ0n) is 10.8. The molecule has 100 valence electrons. The lowest BCUT2D eigenvalue weighted by molar-refractivity contribution is 0.242. The third-order valence-electron chi connectivity index (χ3n) is 3.65. The predicted molar refractivity (Wildman–Crippen MR) is 71.6 cm³/mol. The first kappa shape index (κ1) is 12.3. The Kier molecular flexibility index (Phi) is 3.52. The SMILES string of the molecule is NCC1CCCN1Cc1nnnn1-c1ccccc1. The molecule has 0 amide bonds. The summed E-state index contributed by atoms with van der Waals surface area (Å²) >= 11 is 0. The topological polar surface area (TPSA) is 72.9 Å². The Balaban J connectivity index is 1.81. The Morgan fingerprint density at radius 3 is 2.89 bits per heavy atom. The molecule has 2 aromatic rings. The third-order valence-corrected chi connectivity index (χ3v) is 3.65. The first-order chi connectivity index (χ1) is 9.38. The largest absolute Gasteiger partial charge is 0.329 e.